The van der Waals surface area contributed by atoms with Crippen molar-refractivity contribution in [2.75, 3.05) is 6.61 Å². The Morgan fingerprint density at radius 2 is 2.05 bits per heavy atom. The first-order valence-electron chi connectivity index (χ1n) is 7.06. The van der Waals surface area contributed by atoms with Crippen LogP contribution in [-0.4, -0.2) is 22.8 Å². The highest BCUT2D eigenvalue weighted by Gasteiger charge is 2.16. The lowest BCUT2D eigenvalue weighted by atomic mass is 9.92. The van der Waals surface area contributed by atoms with Gasteiger partial charge in [0, 0.05) is 0 Å². The van der Waals surface area contributed by atoms with E-state index < -0.39 is 5.97 Å². The van der Waals surface area contributed by atoms with Crippen molar-refractivity contribution in [2.45, 2.75) is 32.6 Å². The third-order valence-corrected chi connectivity index (χ3v) is 4.16. The summed E-state index contributed by atoms with van der Waals surface area (Å²) in [4.78, 5) is 11.5. The van der Waals surface area contributed by atoms with E-state index in [0.717, 1.165) is 29.9 Å². The number of carbonyl (C=O) groups is 1. The van der Waals surface area contributed by atoms with Crippen molar-refractivity contribution >= 4 is 17.3 Å². The Balaban J connectivity index is 1.73. The van der Waals surface area contributed by atoms with Crippen LogP contribution in [-0.2, 0) is 17.6 Å². The van der Waals surface area contributed by atoms with Gasteiger partial charge in [-0.15, -0.1) is 5.10 Å². The van der Waals surface area contributed by atoms with Crippen LogP contribution in [0.3, 0.4) is 0 Å². The predicted molar refractivity (Wildman–Crippen MR) is 79.0 cm³/mol. The molecule has 0 atom stereocenters. The average molecular weight is 304 g/mol. The molecule has 0 spiro atoms. The number of aromatic nitrogens is 2. The minimum atomic E-state index is -0.463. The van der Waals surface area contributed by atoms with Crippen LogP contribution >= 0.6 is 11.3 Å². The molecule has 1 aliphatic rings. The standard InChI is InChI=1S/C15H16N2O3S/c1-2-19-14(18)13-16-17-15(21-13)20-12-8-7-10-5-3-4-6-11(10)9-12/h7-9H,2-6H2,1H3. The van der Waals surface area contributed by atoms with Crippen molar-refractivity contribution in [1.82, 2.24) is 10.2 Å². The molecule has 1 heterocycles. The van der Waals surface area contributed by atoms with Gasteiger partial charge in [0.25, 0.3) is 5.19 Å². The lowest BCUT2D eigenvalue weighted by Crippen LogP contribution is -2.03. The van der Waals surface area contributed by atoms with Crippen molar-refractivity contribution in [1.29, 1.82) is 0 Å². The number of rotatable bonds is 4. The molecule has 0 aliphatic heterocycles. The van der Waals surface area contributed by atoms with Crippen molar-refractivity contribution in [3.63, 3.8) is 0 Å². The molecule has 1 aromatic heterocycles. The van der Waals surface area contributed by atoms with Gasteiger partial charge in [0.2, 0.25) is 5.01 Å². The van der Waals surface area contributed by atoms with Crippen LogP contribution in [0.5, 0.6) is 10.9 Å². The number of nitrogens with zero attached hydrogens (tertiary/aromatic N) is 2. The first kappa shape index (κ1) is 14.0. The topological polar surface area (TPSA) is 61.3 Å². The number of ether oxygens (including phenoxy) is 2. The van der Waals surface area contributed by atoms with Crippen molar-refractivity contribution in [3.8, 4) is 10.9 Å². The van der Waals surface area contributed by atoms with Gasteiger partial charge in [-0.25, -0.2) is 4.79 Å². The zero-order valence-corrected chi connectivity index (χ0v) is 12.6. The summed E-state index contributed by atoms with van der Waals surface area (Å²) in [7, 11) is 0. The van der Waals surface area contributed by atoms with E-state index in [9.17, 15) is 4.79 Å². The van der Waals surface area contributed by atoms with Gasteiger partial charge < -0.3 is 9.47 Å². The van der Waals surface area contributed by atoms with E-state index in [1.807, 2.05) is 6.07 Å². The summed E-state index contributed by atoms with van der Waals surface area (Å²) in [5.41, 5.74) is 2.74. The highest BCUT2D eigenvalue weighted by Crippen LogP contribution is 2.29. The second-order valence-electron chi connectivity index (χ2n) is 4.83. The molecular weight excluding hydrogens is 288 g/mol. The second-order valence-corrected chi connectivity index (χ2v) is 5.77. The third kappa shape index (κ3) is 3.21. The summed E-state index contributed by atoms with van der Waals surface area (Å²) in [6.07, 6.45) is 4.72. The molecule has 5 nitrogen and oxygen atoms in total. The van der Waals surface area contributed by atoms with Crippen LogP contribution in [0.1, 0.15) is 40.7 Å². The monoisotopic (exact) mass is 304 g/mol. The SMILES string of the molecule is CCOC(=O)c1nnc(Oc2ccc3c(c2)CCCC3)s1. The van der Waals surface area contributed by atoms with Gasteiger partial charge in [-0.05, 0) is 67.2 Å². The first-order valence-corrected chi connectivity index (χ1v) is 7.88. The maximum atomic E-state index is 11.5. The second kappa shape index (κ2) is 6.22. The summed E-state index contributed by atoms with van der Waals surface area (Å²) < 4.78 is 10.6. The highest BCUT2D eigenvalue weighted by atomic mass is 32.1. The summed E-state index contributed by atoms with van der Waals surface area (Å²) >= 11 is 1.09. The van der Waals surface area contributed by atoms with E-state index in [0.29, 0.717) is 11.8 Å². The van der Waals surface area contributed by atoms with Gasteiger partial charge in [0.1, 0.15) is 5.75 Å². The molecule has 0 fully saturated rings. The lowest BCUT2D eigenvalue weighted by molar-refractivity contribution is 0.0525. The first-order chi connectivity index (χ1) is 10.3. The minimum Gasteiger partial charge on any atom is -0.461 e. The van der Waals surface area contributed by atoms with E-state index in [1.54, 1.807) is 6.92 Å². The van der Waals surface area contributed by atoms with Crippen molar-refractivity contribution < 1.29 is 14.3 Å². The minimum absolute atomic E-state index is 0.213. The molecule has 0 bridgehead atoms. The van der Waals surface area contributed by atoms with Gasteiger partial charge >= 0.3 is 5.97 Å². The molecule has 21 heavy (non-hydrogen) atoms. The lowest BCUT2D eigenvalue weighted by Gasteiger charge is -2.16. The number of carbonyl (C=O) groups excluding carboxylic acids is 1. The van der Waals surface area contributed by atoms with E-state index in [4.69, 9.17) is 9.47 Å². The van der Waals surface area contributed by atoms with Gasteiger partial charge in [-0.3, -0.25) is 0 Å². The van der Waals surface area contributed by atoms with Crippen LogP contribution in [0.15, 0.2) is 18.2 Å². The largest absolute Gasteiger partial charge is 0.461 e. The maximum absolute atomic E-state index is 11.5. The zero-order valence-electron chi connectivity index (χ0n) is 11.8. The number of hydrogen-bond donors (Lipinski definition) is 0. The fraction of sp³-hybridized carbons (Fsp3) is 0.400. The fourth-order valence-electron chi connectivity index (χ4n) is 2.40. The average Bonchev–Trinajstić information content (AvgIpc) is 2.96. The summed E-state index contributed by atoms with van der Waals surface area (Å²) in [5.74, 6) is 0.275. The molecule has 0 saturated heterocycles. The summed E-state index contributed by atoms with van der Waals surface area (Å²) in [5, 5.41) is 8.23. The number of aryl methyl sites for hydroxylation is 2. The van der Waals surface area contributed by atoms with E-state index in [-0.39, 0.29) is 5.01 Å². The quantitative estimate of drug-likeness (QED) is 0.810. The van der Waals surface area contributed by atoms with Crippen LogP contribution in [0.25, 0.3) is 0 Å². The molecule has 110 valence electrons. The van der Waals surface area contributed by atoms with Crippen LogP contribution in [0.2, 0.25) is 0 Å². The summed E-state index contributed by atoms with van der Waals surface area (Å²) in [6, 6.07) is 6.10. The zero-order chi connectivity index (χ0) is 14.7. The van der Waals surface area contributed by atoms with E-state index in [2.05, 4.69) is 22.3 Å². The Labute approximate surface area is 126 Å². The van der Waals surface area contributed by atoms with Gasteiger partial charge in [0.15, 0.2) is 0 Å². The number of benzene rings is 1. The van der Waals surface area contributed by atoms with Crippen LogP contribution < -0.4 is 4.74 Å². The van der Waals surface area contributed by atoms with E-state index >= 15 is 0 Å². The predicted octanol–water partition coefficient (Wildman–Crippen LogP) is 3.39. The highest BCUT2D eigenvalue weighted by molar-refractivity contribution is 7.14. The fourth-order valence-corrected chi connectivity index (χ4v) is 3.01. The maximum Gasteiger partial charge on any atom is 0.369 e. The Kier molecular flexibility index (Phi) is 4.15. The molecule has 0 amide bonds. The summed E-state index contributed by atoms with van der Waals surface area (Å²) in [6.45, 7) is 2.07. The normalized spacial score (nSPS) is 13.6. The molecule has 3 rings (SSSR count). The molecule has 0 N–H and O–H groups in total. The molecule has 1 aromatic carbocycles. The Bertz CT molecular complexity index is 654. The van der Waals surface area contributed by atoms with Gasteiger partial charge in [-0.2, -0.15) is 0 Å². The van der Waals surface area contributed by atoms with Crippen molar-refractivity contribution in [3.05, 3.63) is 34.3 Å². The molecule has 2 aromatic rings. The third-order valence-electron chi connectivity index (χ3n) is 3.38. The number of esters is 1. The van der Waals surface area contributed by atoms with E-state index in [1.165, 1.54) is 24.0 Å². The molecule has 0 unspecified atom stereocenters. The number of fused-ring (bicyclic) bond motifs is 1. The Morgan fingerprint density at radius 3 is 2.86 bits per heavy atom. The Hall–Kier alpha value is -1.95. The van der Waals surface area contributed by atoms with Crippen molar-refractivity contribution in [2.24, 2.45) is 0 Å². The Morgan fingerprint density at radius 1 is 1.24 bits per heavy atom. The smallest absolute Gasteiger partial charge is 0.369 e. The molecule has 0 saturated carbocycles. The van der Waals surface area contributed by atoms with Crippen LogP contribution in [0.4, 0.5) is 0 Å². The molecular formula is C15H16N2O3S. The van der Waals surface area contributed by atoms with Crippen LogP contribution in [0, 0.1) is 0 Å². The number of hydrogen-bond acceptors (Lipinski definition) is 6. The molecule has 6 heteroatoms. The van der Waals surface area contributed by atoms with Gasteiger partial charge in [-0.1, -0.05) is 11.2 Å². The molecule has 0 radical (unpaired) electrons. The molecule has 1 aliphatic carbocycles. The van der Waals surface area contributed by atoms with Gasteiger partial charge in [0.05, 0.1) is 6.61 Å².